The second-order valence-corrected chi connectivity index (χ2v) is 5.38. The number of nitrogens with one attached hydrogen (secondary N) is 1. The predicted octanol–water partition coefficient (Wildman–Crippen LogP) is 3.87. The van der Waals surface area contributed by atoms with E-state index in [1.165, 1.54) is 5.56 Å². The first-order chi connectivity index (χ1) is 9.81. The Labute approximate surface area is 121 Å². The van der Waals surface area contributed by atoms with Gasteiger partial charge >= 0.3 is 0 Å². The second-order valence-electron chi connectivity index (χ2n) is 4.60. The average Bonchev–Trinajstić information content (AvgIpc) is 2.98. The van der Waals surface area contributed by atoms with Gasteiger partial charge in [-0.1, -0.05) is 18.2 Å². The topological polar surface area (TPSA) is 42.0 Å². The molecule has 0 unspecified atom stereocenters. The molecule has 3 rings (SSSR count). The van der Waals surface area contributed by atoms with Crippen molar-refractivity contribution in [2.24, 2.45) is 0 Å². The van der Waals surface area contributed by atoms with Crippen molar-refractivity contribution in [2.75, 3.05) is 5.32 Å². The van der Waals surface area contributed by atoms with Gasteiger partial charge in [-0.3, -0.25) is 9.78 Å². The lowest BCUT2D eigenvalue weighted by Crippen LogP contribution is -2.12. The summed E-state index contributed by atoms with van der Waals surface area (Å²) in [6, 6.07) is 11.9. The van der Waals surface area contributed by atoms with Gasteiger partial charge in [0.1, 0.15) is 0 Å². The van der Waals surface area contributed by atoms with Gasteiger partial charge in [0.05, 0.1) is 17.4 Å². The summed E-state index contributed by atoms with van der Waals surface area (Å²) >= 11 is 1.65. The summed E-state index contributed by atoms with van der Waals surface area (Å²) in [5.74, 6) is 0.0216. The van der Waals surface area contributed by atoms with Gasteiger partial charge in [-0.15, -0.1) is 0 Å². The van der Waals surface area contributed by atoms with Crippen LogP contribution in [0.2, 0.25) is 0 Å². The van der Waals surface area contributed by atoms with E-state index in [0.717, 1.165) is 23.0 Å². The van der Waals surface area contributed by atoms with Crippen molar-refractivity contribution in [1.82, 2.24) is 4.98 Å². The maximum absolute atomic E-state index is 11.9. The summed E-state index contributed by atoms with van der Waals surface area (Å²) in [7, 11) is 0. The Hall–Kier alpha value is -2.20. The maximum Gasteiger partial charge on any atom is 0.224 e. The molecule has 0 saturated heterocycles. The minimum absolute atomic E-state index is 0.0216. The fraction of sp³-hybridized carbons (Fsp3) is 0.125. The van der Waals surface area contributed by atoms with Gasteiger partial charge in [-0.05, 0) is 40.9 Å². The van der Waals surface area contributed by atoms with Crippen molar-refractivity contribution in [3.05, 3.63) is 58.9 Å². The molecule has 2 heterocycles. The van der Waals surface area contributed by atoms with Gasteiger partial charge in [0.2, 0.25) is 5.91 Å². The van der Waals surface area contributed by atoms with Gasteiger partial charge in [-0.2, -0.15) is 11.3 Å². The molecule has 20 heavy (non-hydrogen) atoms. The highest BCUT2D eigenvalue weighted by molar-refractivity contribution is 7.07. The third-order valence-electron chi connectivity index (χ3n) is 3.10. The number of amides is 1. The molecule has 0 bridgehead atoms. The molecule has 0 saturated carbocycles. The fourth-order valence-electron chi connectivity index (χ4n) is 2.06. The number of fused-ring (bicyclic) bond motifs is 1. The Morgan fingerprint density at radius 3 is 3.00 bits per heavy atom. The lowest BCUT2D eigenvalue weighted by Gasteiger charge is -2.05. The number of aryl methyl sites for hydroxylation is 1. The number of thiophene rings is 1. The third kappa shape index (κ3) is 3.03. The number of benzene rings is 1. The van der Waals surface area contributed by atoms with Crippen LogP contribution in [-0.2, 0) is 11.2 Å². The summed E-state index contributed by atoms with van der Waals surface area (Å²) in [5.41, 5.74) is 2.89. The summed E-state index contributed by atoms with van der Waals surface area (Å²) in [6.07, 6.45) is 2.96. The van der Waals surface area contributed by atoms with Crippen LogP contribution in [0.1, 0.15) is 12.0 Å². The van der Waals surface area contributed by atoms with Crippen molar-refractivity contribution in [2.45, 2.75) is 12.8 Å². The van der Waals surface area contributed by atoms with Gasteiger partial charge in [0.25, 0.3) is 0 Å². The van der Waals surface area contributed by atoms with E-state index < -0.39 is 0 Å². The number of anilines is 1. The predicted molar refractivity (Wildman–Crippen MR) is 83.0 cm³/mol. The van der Waals surface area contributed by atoms with Crippen LogP contribution in [0.5, 0.6) is 0 Å². The van der Waals surface area contributed by atoms with E-state index >= 15 is 0 Å². The number of nitrogens with zero attached hydrogens (tertiary/aromatic N) is 1. The highest BCUT2D eigenvalue weighted by Gasteiger charge is 2.04. The van der Waals surface area contributed by atoms with Crippen LogP contribution in [-0.4, -0.2) is 10.9 Å². The first-order valence-corrected chi connectivity index (χ1v) is 7.41. The van der Waals surface area contributed by atoms with E-state index in [4.69, 9.17) is 0 Å². The van der Waals surface area contributed by atoms with E-state index in [2.05, 4.69) is 21.7 Å². The molecule has 100 valence electrons. The smallest absolute Gasteiger partial charge is 0.224 e. The van der Waals surface area contributed by atoms with Crippen LogP contribution in [0.4, 0.5) is 5.69 Å². The molecule has 0 spiro atoms. The number of para-hydroxylation sites is 1. The van der Waals surface area contributed by atoms with Gasteiger partial charge < -0.3 is 5.32 Å². The Kier molecular flexibility index (Phi) is 3.74. The lowest BCUT2D eigenvalue weighted by atomic mass is 10.2. The number of rotatable bonds is 4. The van der Waals surface area contributed by atoms with E-state index in [-0.39, 0.29) is 5.91 Å². The maximum atomic E-state index is 11.9. The molecule has 0 aliphatic rings. The fourth-order valence-corrected chi connectivity index (χ4v) is 2.76. The molecule has 0 aliphatic carbocycles. The highest BCUT2D eigenvalue weighted by Crippen LogP contribution is 2.16. The Bertz CT molecular complexity index is 722. The van der Waals surface area contributed by atoms with Crippen LogP contribution in [0.25, 0.3) is 10.9 Å². The molecule has 3 nitrogen and oxygen atoms in total. The molecule has 1 amide bonds. The van der Waals surface area contributed by atoms with Crippen LogP contribution in [0, 0.1) is 0 Å². The first kappa shape index (κ1) is 12.8. The van der Waals surface area contributed by atoms with Crippen LogP contribution < -0.4 is 5.32 Å². The summed E-state index contributed by atoms with van der Waals surface area (Å²) in [5, 5.41) is 8.03. The van der Waals surface area contributed by atoms with Crippen molar-refractivity contribution >= 4 is 33.8 Å². The zero-order chi connectivity index (χ0) is 13.8. The molecule has 2 aromatic heterocycles. The largest absolute Gasteiger partial charge is 0.325 e. The van der Waals surface area contributed by atoms with Crippen molar-refractivity contribution in [3.8, 4) is 0 Å². The summed E-state index contributed by atoms with van der Waals surface area (Å²) in [4.78, 5) is 16.2. The standard InChI is InChI=1S/C16H14N2OS/c19-16(6-5-12-7-8-20-11-12)18-14-9-13-3-1-2-4-15(13)17-10-14/h1-4,7-11H,5-6H2,(H,18,19). The van der Waals surface area contributed by atoms with E-state index in [0.29, 0.717) is 6.42 Å². The lowest BCUT2D eigenvalue weighted by molar-refractivity contribution is -0.116. The molecule has 0 atom stereocenters. The van der Waals surface area contributed by atoms with Gasteiger partial charge in [-0.25, -0.2) is 0 Å². The molecule has 1 N–H and O–H groups in total. The van der Waals surface area contributed by atoms with Crippen LogP contribution >= 0.6 is 11.3 Å². The van der Waals surface area contributed by atoms with Gasteiger partial charge in [0, 0.05) is 11.8 Å². The SMILES string of the molecule is O=C(CCc1ccsc1)Nc1cnc2ccccc2c1. The number of carbonyl (C=O) groups is 1. The Morgan fingerprint density at radius 1 is 1.25 bits per heavy atom. The number of hydrogen-bond acceptors (Lipinski definition) is 3. The molecule has 0 aliphatic heterocycles. The van der Waals surface area contributed by atoms with Crippen molar-refractivity contribution < 1.29 is 4.79 Å². The van der Waals surface area contributed by atoms with E-state index in [1.54, 1.807) is 17.5 Å². The summed E-state index contributed by atoms with van der Waals surface area (Å²) < 4.78 is 0. The highest BCUT2D eigenvalue weighted by atomic mass is 32.1. The zero-order valence-electron chi connectivity index (χ0n) is 10.9. The minimum atomic E-state index is 0.0216. The molecule has 0 radical (unpaired) electrons. The van der Waals surface area contributed by atoms with E-state index in [1.807, 2.05) is 35.7 Å². The van der Waals surface area contributed by atoms with E-state index in [9.17, 15) is 4.79 Å². The number of carbonyl (C=O) groups excluding carboxylic acids is 1. The third-order valence-corrected chi connectivity index (χ3v) is 3.83. The Morgan fingerprint density at radius 2 is 2.15 bits per heavy atom. The molecular formula is C16H14N2OS. The minimum Gasteiger partial charge on any atom is -0.325 e. The number of aromatic nitrogens is 1. The zero-order valence-corrected chi connectivity index (χ0v) is 11.7. The molecule has 3 aromatic rings. The van der Waals surface area contributed by atoms with Crippen molar-refractivity contribution in [3.63, 3.8) is 0 Å². The monoisotopic (exact) mass is 282 g/mol. The molecule has 1 aromatic carbocycles. The first-order valence-electron chi connectivity index (χ1n) is 6.47. The molecular weight excluding hydrogens is 268 g/mol. The summed E-state index contributed by atoms with van der Waals surface area (Å²) in [6.45, 7) is 0. The van der Waals surface area contributed by atoms with Crippen LogP contribution in [0.3, 0.4) is 0 Å². The molecule has 4 heteroatoms. The van der Waals surface area contributed by atoms with Crippen molar-refractivity contribution in [1.29, 1.82) is 0 Å². The Balaban J connectivity index is 1.65. The van der Waals surface area contributed by atoms with Crippen LogP contribution in [0.15, 0.2) is 53.4 Å². The van der Waals surface area contributed by atoms with Gasteiger partial charge in [0.15, 0.2) is 0 Å². The second kappa shape index (κ2) is 5.84. The number of hydrogen-bond donors (Lipinski definition) is 1. The molecule has 0 fully saturated rings. The average molecular weight is 282 g/mol. The number of pyridine rings is 1. The quantitative estimate of drug-likeness (QED) is 0.789. The normalized spacial score (nSPS) is 10.6.